The maximum absolute atomic E-state index is 12.8. The van der Waals surface area contributed by atoms with E-state index in [4.69, 9.17) is 14.2 Å². The third-order valence-corrected chi connectivity index (χ3v) is 10.8. The van der Waals surface area contributed by atoms with Crippen molar-refractivity contribution in [2.24, 2.45) is 0 Å². The average Bonchev–Trinajstić information content (AvgIpc) is 3.30. The summed E-state index contributed by atoms with van der Waals surface area (Å²) in [5, 5.41) is 0. The Hall–Kier alpha value is -3.93. The molecule has 0 aliphatic rings. The molecular formula is C59H96O6. The summed E-state index contributed by atoms with van der Waals surface area (Å²) in [6, 6.07) is 0. The summed E-state index contributed by atoms with van der Waals surface area (Å²) in [7, 11) is 0. The lowest BCUT2D eigenvalue weighted by atomic mass is 10.1. The van der Waals surface area contributed by atoms with Gasteiger partial charge in [0.25, 0.3) is 0 Å². The lowest BCUT2D eigenvalue weighted by molar-refractivity contribution is -0.167. The van der Waals surface area contributed by atoms with E-state index in [1.54, 1.807) is 0 Å². The summed E-state index contributed by atoms with van der Waals surface area (Å²) in [4.78, 5) is 38.0. The summed E-state index contributed by atoms with van der Waals surface area (Å²) >= 11 is 0. The zero-order chi connectivity index (χ0) is 47.2. The molecule has 0 aromatic rings. The Bertz CT molecular complexity index is 1360. The molecule has 0 amide bonds. The van der Waals surface area contributed by atoms with Gasteiger partial charge in [-0.15, -0.1) is 0 Å². The van der Waals surface area contributed by atoms with Gasteiger partial charge in [0.2, 0.25) is 0 Å². The van der Waals surface area contributed by atoms with Crippen LogP contribution in [0.3, 0.4) is 0 Å². The van der Waals surface area contributed by atoms with Gasteiger partial charge in [0.15, 0.2) is 6.10 Å². The summed E-state index contributed by atoms with van der Waals surface area (Å²) in [5.41, 5.74) is 0. The highest BCUT2D eigenvalue weighted by Gasteiger charge is 2.19. The van der Waals surface area contributed by atoms with E-state index in [2.05, 4.69) is 106 Å². The Balaban J connectivity index is 4.42. The molecule has 0 bridgehead atoms. The molecule has 0 spiro atoms. The van der Waals surface area contributed by atoms with E-state index in [-0.39, 0.29) is 31.1 Å². The molecule has 65 heavy (non-hydrogen) atoms. The molecule has 0 N–H and O–H groups in total. The van der Waals surface area contributed by atoms with Crippen LogP contribution < -0.4 is 0 Å². The Morgan fingerprint density at radius 1 is 0.338 bits per heavy atom. The molecule has 0 fully saturated rings. The highest BCUT2D eigenvalue weighted by Crippen LogP contribution is 2.14. The number of allylic oxidation sites excluding steroid dienone is 18. The molecule has 368 valence electrons. The van der Waals surface area contributed by atoms with Crippen LogP contribution in [-0.2, 0) is 28.6 Å². The summed E-state index contributed by atoms with van der Waals surface area (Å²) in [5.74, 6) is -0.946. The van der Waals surface area contributed by atoms with Crippen LogP contribution in [-0.4, -0.2) is 37.2 Å². The molecule has 0 aromatic carbocycles. The number of hydrogen-bond acceptors (Lipinski definition) is 6. The average molecular weight is 901 g/mol. The highest BCUT2D eigenvalue weighted by molar-refractivity contribution is 5.71. The van der Waals surface area contributed by atoms with Crippen LogP contribution in [0.4, 0.5) is 0 Å². The maximum atomic E-state index is 12.8. The zero-order valence-electron chi connectivity index (χ0n) is 42.0. The lowest BCUT2D eigenvalue weighted by Gasteiger charge is -2.18. The number of rotatable bonds is 46. The minimum atomic E-state index is -0.800. The van der Waals surface area contributed by atoms with Gasteiger partial charge >= 0.3 is 17.9 Å². The van der Waals surface area contributed by atoms with Crippen molar-refractivity contribution in [1.29, 1.82) is 0 Å². The van der Waals surface area contributed by atoms with Gasteiger partial charge in [-0.25, -0.2) is 0 Å². The summed E-state index contributed by atoms with van der Waals surface area (Å²) < 4.78 is 16.8. The van der Waals surface area contributed by atoms with Crippen LogP contribution in [0.25, 0.3) is 0 Å². The lowest BCUT2D eigenvalue weighted by Crippen LogP contribution is -2.30. The van der Waals surface area contributed by atoms with Crippen LogP contribution >= 0.6 is 0 Å². The van der Waals surface area contributed by atoms with E-state index in [9.17, 15) is 14.4 Å². The van der Waals surface area contributed by atoms with E-state index < -0.39 is 6.10 Å². The Morgan fingerprint density at radius 2 is 0.692 bits per heavy atom. The molecule has 0 aromatic heterocycles. The smallest absolute Gasteiger partial charge is 0.306 e. The fourth-order valence-electron chi connectivity index (χ4n) is 6.88. The molecule has 0 aliphatic heterocycles. The van der Waals surface area contributed by atoms with Gasteiger partial charge in [-0.05, 0) is 89.9 Å². The molecule has 6 nitrogen and oxygen atoms in total. The monoisotopic (exact) mass is 901 g/mol. The van der Waals surface area contributed by atoms with Crippen LogP contribution in [0.5, 0.6) is 0 Å². The van der Waals surface area contributed by atoms with Crippen LogP contribution in [0.1, 0.15) is 226 Å². The topological polar surface area (TPSA) is 78.9 Å². The van der Waals surface area contributed by atoms with E-state index in [1.807, 2.05) is 24.3 Å². The summed E-state index contributed by atoms with van der Waals surface area (Å²) in [6.45, 7) is 6.35. The predicted molar refractivity (Wildman–Crippen MR) is 279 cm³/mol. The van der Waals surface area contributed by atoms with Crippen molar-refractivity contribution in [1.82, 2.24) is 0 Å². The fourth-order valence-corrected chi connectivity index (χ4v) is 6.88. The molecule has 0 aliphatic carbocycles. The van der Waals surface area contributed by atoms with Crippen molar-refractivity contribution in [3.05, 3.63) is 109 Å². The number of esters is 3. The van der Waals surface area contributed by atoms with Gasteiger partial charge in [-0.3, -0.25) is 14.4 Å². The van der Waals surface area contributed by atoms with E-state index >= 15 is 0 Å². The normalized spacial score (nSPS) is 13.0. The second-order valence-corrected chi connectivity index (χ2v) is 17.2. The van der Waals surface area contributed by atoms with Gasteiger partial charge in [0, 0.05) is 19.3 Å². The molecule has 0 saturated carbocycles. The van der Waals surface area contributed by atoms with Gasteiger partial charge < -0.3 is 14.2 Å². The van der Waals surface area contributed by atoms with Crippen molar-refractivity contribution in [3.63, 3.8) is 0 Å². The van der Waals surface area contributed by atoms with Crippen LogP contribution in [0, 0.1) is 0 Å². The Labute approximate surface area is 400 Å². The first-order valence-corrected chi connectivity index (χ1v) is 26.5. The Kier molecular flexibility index (Phi) is 49.5. The highest BCUT2D eigenvalue weighted by atomic mass is 16.6. The van der Waals surface area contributed by atoms with Gasteiger partial charge in [0.1, 0.15) is 13.2 Å². The van der Waals surface area contributed by atoms with Crippen molar-refractivity contribution >= 4 is 17.9 Å². The fraction of sp³-hybridized carbons (Fsp3) is 0.644. The van der Waals surface area contributed by atoms with Crippen LogP contribution in [0.15, 0.2) is 109 Å². The minimum Gasteiger partial charge on any atom is -0.462 e. The minimum absolute atomic E-state index is 0.0971. The SMILES string of the molecule is CC/C=C\C/C=C\C/C=C\CCCCCCCCCCCC(=O)OCC(COC(=O)CCCCCC/C=C\CCCC)OC(=O)CCCCCCC\C=C/C=C\C=C/C=C\C=C/CCC. The molecule has 0 radical (unpaired) electrons. The third kappa shape index (κ3) is 50.9. The quantitative estimate of drug-likeness (QED) is 0.0199. The third-order valence-electron chi connectivity index (χ3n) is 10.8. The molecule has 1 atom stereocenters. The standard InChI is InChI=1S/C59H96O6/c1-4-7-10-13-16-19-22-24-26-28-30-32-33-35-37-40-43-46-49-52-58(61)64-55-56(54-63-57(60)51-48-45-42-39-21-18-15-12-9-6-3)65-59(62)53-50-47-44-41-38-36-34-31-29-27-25-23-20-17-14-11-8-5-2/h7,10-11,14-20,23-27,29,31,34,56H,4-6,8-9,12-13,21-22,28,30,32-33,35-55H2,1-3H3/b10-7-,14-11-,18-15-,19-16-,20-17-,25-23-,26-24-,29-27-,34-31-. The molecule has 0 heterocycles. The van der Waals surface area contributed by atoms with E-state index in [0.717, 1.165) is 122 Å². The summed E-state index contributed by atoms with van der Waals surface area (Å²) in [6.07, 6.45) is 70.7. The zero-order valence-corrected chi connectivity index (χ0v) is 42.0. The van der Waals surface area contributed by atoms with Crippen LogP contribution in [0.2, 0.25) is 0 Å². The molecule has 0 saturated heterocycles. The van der Waals surface area contributed by atoms with Gasteiger partial charge in [-0.1, -0.05) is 226 Å². The Morgan fingerprint density at radius 3 is 1.15 bits per heavy atom. The number of carbonyl (C=O) groups is 3. The van der Waals surface area contributed by atoms with Gasteiger partial charge in [-0.2, -0.15) is 0 Å². The first-order valence-electron chi connectivity index (χ1n) is 26.5. The molecular weight excluding hydrogens is 805 g/mol. The molecule has 0 rings (SSSR count). The number of carbonyl (C=O) groups excluding carboxylic acids is 3. The van der Waals surface area contributed by atoms with Crippen molar-refractivity contribution < 1.29 is 28.6 Å². The number of hydrogen-bond donors (Lipinski definition) is 0. The molecule has 1 unspecified atom stereocenters. The molecule has 6 heteroatoms. The van der Waals surface area contributed by atoms with E-state index in [0.29, 0.717) is 19.3 Å². The predicted octanol–water partition coefficient (Wildman–Crippen LogP) is 17.5. The van der Waals surface area contributed by atoms with Crippen molar-refractivity contribution in [3.8, 4) is 0 Å². The first kappa shape index (κ1) is 61.1. The second kappa shape index (κ2) is 52.7. The van der Waals surface area contributed by atoms with E-state index in [1.165, 1.54) is 64.2 Å². The van der Waals surface area contributed by atoms with Crippen molar-refractivity contribution in [2.75, 3.05) is 13.2 Å². The van der Waals surface area contributed by atoms with Crippen molar-refractivity contribution in [2.45, 2.75) is 232 Å². The number of ether oxygens (including phenoxy) is 3. The number of unbranched alkanes of at least 4 members (excludes halogenated alkanes) is 21. The largest absolute Gasteiger partial charge is 0.462 e. The van der Waals surface area contributed by atoms with Gasteiger partial charge in [0.05, 0.1) is 0 Å². The first-order chi connectivity index (χ1) is 32.0. The second-order valence-electron chi connectivity index (χ2n) is 17.2. The maximum Gasteiger partial charge on any atom is 0.306 e.